The third kappa shape index (κ3) is 4.30. The van der Waals surface area contributed by atoms with Crippen molar-refractivity contribution in [1.29, 1.82) is 0 Å². The van der Waals surface area contributed by atoms with Gasteiger partial charge >= 0.3 is 0 Å². The molecule has 0 radical (unpaired) electrons. The fourth-order valence-corrected chi connectivity index (χ4v) is 5.04. The van der Waals surface area contributed by atoms with E-state index in [1.807, 2.05) is 38.0 Å². The van der Waals surface area contributed by atoms with Crippen molar-refractivity contribution >= 4 is 39.2 Å². The van der Waals surface area contributed by atoms with Gasteiger partial charge in [-0.2, -0.15) is 0 Å². The van der Waals surface area contributed by atoms with Crippen LogP contribution in [-0.2, 0) is 4.79 Å². The van der Waals surface area contributed by atoms with Gasteiger partial charge in [0.05, 0.1) is 11.1 Å². The highest BCUT2D eigenvalue weighted by Gasteiger charge is 2.21. The van der Waals surface area contributed by atoms with E-state index in [0.29, 0.717) is 5.75 Å². The minimum Gasteiger partial charge on any atom is -0.337 e. The summed E-state index contributed by atoms with van der Waals surface area (Å²) in [5.74, 6) is 0.147. The predicted octanol–water partition coefficient (Wildman–Crippen LogP) is 5.23. The van der Waals surface area contributed by atoms with Crippen LogP contribution in [0.3, 0.4) is 0 Å². The Morgan fingerprint density at radius 3 is 2.44 bits per heavy atom. The van der Waals surface area contributed by atoms with Crippen LogP contribution in [-0.4, -0.2) is 38.6 Å². The maximum atomic E-state index is 13.3. The Balaban J connectivity index is 1.90. The molecule has 0 saturated heterocycles. The lowest BCUT2D eigenvalue weighted by Gasteiger charge is -2.30. The average molecular weight is 404 g/mol. The molecule has 3 rings (SSSR count). The van der Waals surface area contributed by atoms with Crippen LogP contribution >= 0.6 is 23.1 Å². The molecule has 0 aliphatic carbocycles. The predicted molar refractivity (Wildman–Crippen MR) is 111 cm³/mol. The lowest BCUT2D eigenvalue weighted by Crippen LogP contribution is -2.43. The smallest absolute Gasteiger partial charge is 0.233 e. The Labute approximate surface area is 166 Å². The van der Waals surface area contributed by atoms with Crippen molar-refractivity contribution in [1.82, 2.24) is 14.9 Å². The van der Waals surface area contributed by atoms with Gasteiger partial charge in [-0.3, -0.25) is 4.79 Å². The summed E-state index contributed by atoms with van der Waals surface area (Å²) in [5.41, 5.74) is 1.88. The van der Waals surface area contributed by atoms with E-state index < -0.39 is 0 Å². The Bertz CT molecular complexity index is 930. The van der Waals surface area contributed by atoms with Gasteiger partial charge in [0.1, 0.15) is 22.0 Å². The van der Waals surface area contributed by atoms with Gasteiger partial charge in [-0.05, 0) is 45.4 Å². The molecule has 0 saturated carbocycles. The summed E-state index contributed by atoms with van der Waals surface area (Å²) in [5, 5.41) is 3.71. The molecule has 7 heteroatoms. The number of carbonyl (C=O) groups excluding carboxylic acids is 1. The summed E-state index contributed by atoms with van der Waals surface area (Å²) in [4.78, 5) is 24.2. The monoisotopic (exact) mass is 403 g/mol. The molecule has 3 aromatic rings. The van der Waals surface area contributed by atoms with Crippen molar-refractivity contribution in [3.05, 3.63) is 41.8 Å². The van der Waals surface area contributed by atoms with Crippen molar-refractivity contribution < 1.29 is 9.18 Å². The van der Waals surface area contributed by atoms with Crippen molar-refractivity contribution in [2.75, 3.05) is 5.75 Å². The number of rotatable bonds is 6. The molecule has 2 heterocycles. The number of thiophene rings is 1. The molecule has 142 valence electrons. The van der Waals surface area contributed by atoms with Crippen LogP contribution < -0.4 is 0 Å². The van der Waals surface area contributed by atoms with Crippen LogP contribution in [0.2, 0.25) is 0 Å². The fraction of sp³-hybridized carbons (Fsp3) is 0.350. The number of aromatic nitrogens is 2. The summed E-state index contributed by atoms with van der Waals surface area (Å²) in [6.07, 6.45) is 1.53. The van der Waals surface area contributed by atoms with E-state index in [1.165, 1.54) is 41.6 Å². The zero-order valence-electron chi connectivity index (χ0n) is 15.8. The number of hydrogen-bond acceptors (Lipinski definition) is 5. The Hall–Kier alpha value is -1.99. The van der Waals surface area contributed by atoms with Crippen molar-refractivity contribution in [3.63, 3.8) is 0 Å². The highest BCUT2D eigenvalue weighted by molar-refractivity contribution is 8.00. The molecule has 27 heavy (non-hydrogen) atoms. The highest BCUT2D eigenvalue weighted by atomic mass is 32.2. The maximum Gasteiger partial charge on any atom is 0.233 e. The summed E-state index contributed by atoms with van der Waals surface area (Å²) in [7, 11) is 0. The first-order valence-corrected chi connectivity index (χ1v) is 10.7. The first kappa shape index (κ1) is 19.8. The van der Waals surface area contributed by atoms with Crippen LogP contribution in [0.5, 0.6) is 0 Å². The third-order valence-corrected chi connectivity index (χ3v) is 6.08. The van der Waals surface area contributed by atoms with Gasteiger partial charge in [0.2, 0.25) is 5.91 Å². The average Bonchev–Trinajstić information content (AvgIpc) is 3.04. The van der Waals surface area contributed by atoms with E-state index in [-0.39, 0.29) is 23.8 Å². The fourth-order valence-electron chi connectivity index (χ4n) is 3.18. The van der Waals surface area contributed by atoms with Crippen molar-refractivity contribution in [2.24, 2.45) is 0 Å². The molecule has 0 N–H and O–H groups in total. The molecular formula is C20H22FN3OS2. The first-order valence-electron chi connectivity index (χ1n) is 8.80. The number of amides is 1. The lowest BCUT2D eigenvalue weighted by atomic mass is 10.1. The SMILES string of the molecule is CC(C)N(C(=O)CSc1ncnc2scc(-c3ccc(F)cc3)c12)C(C)C. The van der Waals surface area contributed by atoms with E-state index in [1.54, 1.807) is 12.1 Å². The Morgan fingerprint density at radius 2 is 1.81 bits per heavy atom. The molecule has 0 spiro atoms. The van der Waals surface area contributed by atoms with E-state index in [0.717, 1.165) is 26.4 Å². The second-order valence-electron chi connectivity index (χ2n) is 6.79. The number of benzene rings is 1. The van der Waals surface area contributed by atoms with E-state index >= 15 is 0 Å². The van der Waals surface area contributed by atoms with Gasteiger partial charge < -0.3 is 4.90 Å². The zero-order chi connectivity index (χ0) is 19.6. The maximum absolute atomic E-state index is 13.3. The highest BCUT2D eigenvalue weighted by Crippen LogP contribution is 2.38. The molecule has 0 atom stereocenters. The minimum atomic E-state index is -0.266. The van der Waals surface area contributed by atoms with Gasteiger partial charge in [0, 0.05) is 23.0 Å². The van der Waals surface area contributed by atoms with Crippen LogP contribution in [0.1, 0.15) is 27.7 Å². The van der Waals surface area contributed by atoms with Gasteiger partial charge in [0.15, 0.2) is 0 Å². The Kier molecular flexibility index (Phi) is 6.11. The zero-order valence-corrected chi connectivity index (χ0v) is 17.4. The van der Waals surface area contributed by atoms with Crippen molar-refractivity contribution in [3.8, 4) is 11.1 Å². The number of nitrogens with zero attached hydrogens (tertiary/aromatic N) is 3. The van der Waals surface area contributed by atoms with Gasteiger partial charge in [0.25, 0.3) is 0 Å². The quantitative estimate of drug-likeness (QED) is 0.417. The lowest BCUT2D eigenvalue weighted by molar-refractivity contribution is -0.131. The van der Waals surface area contributed by atoms with E-state index in [2.05, 4.69) is 9.97 Å². The topological polar surface area (TPSA) is 46.1 Å². The van der Waals surface area contributed by atoms with Gasteiger partial charge in [-0.1, -0.05) is 23.9 Å². The number of thioether (sulfide) groups is 1. The van der Waals surface area contributed by atoms with Crippen molar-refractivity contribution in [2.45, 2.75) is 44.8 Å². The second-order valence-corrected chi connectivity index (χ2v) is 8.61. The number of halogens is 1. The number of carbonyl (C=O) groups is 1. The molecule has 0 fully saturated rings. The van der Waals surface area contributed by atoms with Crippen LogP contribution in [0.25, 0.3) is 21.3 Å². The standard InChI is InChI=1S/C20H22FN3OS2/c1-12(2)24(13(3)4)17(25)10-27-20-18-16(9-26-19(18)22-11-23-20)14-5-7-15(21)8-6-14/h5-9,11-13H,10H2,1-4H3. The molecule has 1 aromatic carbocycles. The summed E-state index contributed by atoms with van der Waals surface area (Å²) < 4.78 is 13.3. The molecule has 0 bridgehead atoms. The number of hydrogen-bond donors (Lipinski definition) is 0. The molecule has 0 aliphatic rings. The largest absolute Gasteiger partial charge is 0.337 e. The van der Waals surface area contributed by atoms with Crippen LogP contribution in [0.4, 0.5) is 4.39 Å². The molecule has 2 aromatic heterocycles. The summed E-state index contributed by atoms with van der Waals surface area (Å²) in [6, 6.07) is 6.70. The van der Waals surface area contributed by atoms with E-state index in [4.69, 9.17) is 0 Å². The molecule has 1 amide bonds. The second kappa shape index (κ2) is 8.35. The molecular weight excluding hydrogens is 381 g/mol. The number of fused-ring (bicyclic) bond motifs is 1. The van der Waals surface area contributed by atoms with E-state index in [9.17, 15) is 9.18 Å². The molecule has 4 nitrogen and oxygen atoms in total. The van der Waals surface area contributed by atoms with Crippen LogP contribution in [0.15, 0.2) is 41.0 Å². The van der Waals surface area contributed by atoms with Gasteiger partial charge in [-0.15, -0.1) is 11.3 Å². The normalized spacial score (nSPS) is 11.5. The molecule has 0 unspecified atom stereocenters. The minimum absolute atomic E-state index is 0.0929. The molecule has 0 aliphatic heterocycles. The third-order valence-electron chi connectivity index (χ3n) is 4.22. The Morgan fingerprint density at radius 1 is 1.15 bits per heavy atom. The van der Waals surface area contributed by atoms with Gasteiger partial charge in [-0.25, -0.2) is 14.4 Å². The first-order chi connectivity index (χ1) is 12.9. The van der Waals surface area contributed by atoms with Crippen LogP contribution in [0, 0.1) is 5.82 Å². The summed E-state index contributed by atoms with van der Waals surface area (Å²) in [6.45, 7) is 8.10. The summed E-state index contributed by atoms with van der Waals surface area (Å²) >= 11 is 2.95.